The fourth-order valence-corrected chi connectivity index (χ4v) is 3.12. The van der Waals surface area contributed by atoms with Gasteiger partial charge in [-0.05, 0) is 33.6 Å². The number of nitrogens with one attached hydrogen (secondary N) is 2. The zero-order chi connectivity index (χ0) is 18.0. The molecule has 2 fully saturated rings. The van der Waals surface area contributed by atoms with Crippen LogP contribution in [0.15, 0.2) is 4.99 Å². The Morgan fingerprint density at radius 3 is 2.65 bits per heavy atom. The molecule has 1 unspecified atom stereocenters. The maximum Gasteiger partial charge on any atom is 0.191 e. The van der Waals surface area contributed by atoms with Crippen LogP contribution in [-0.4, -0.2) is 88.3 Å². The van der Waals surface area contributed by atoms with Crippen LogP contribution < -0.4 is 10.6 Å². The lowest BCUT2D eigenvalue weighted by Gasteiger charge is -2.39. The van der Waals surface area contributed by atoms with Crippen molar-refractivity contribution in [2.45, 2.75) is 45.3 Å². The summed E-state index contributed by atoms with van der Waals surface area (Å²) in [5.41, 5.74) is 0.0302. The first-order chi connectivity index (χ1) is 12.1. The average Bonchev–Trinajstić information content (AvgIpc) is 3.13. The Hall–Kier alpha value is -0.160. The Morgan fingerprint density at radius 1 is 1.23 bits per heavy atom. The van der Waals surface area contributed by atoms with Gasteiger partial charge < -0.3 is 24.8 Å². The van der Waals surface area contributed by atoms with E-state index in [1.165, 1.54) is 0 Å². The van der Waals surface area contributed by atoms with Crippen LogP contribution >= 0.6 is 24.0 Å². The van der Waals surface area contributed by atoms with Crippen LogP contribution in [0.4, 0.5) is 0 Å². The van der Waals surface area contributed by atoms with E-state index in [4.69, 9.17) is 19.2 Å². The standard InChI is InChI=1S/C18H36N4O3.HI/c1-4-19-17(20-7-11-24-14-16-6-5-10-25-16)21-15-18(2,3)22-8-12-23-13-9-22;/h16H,4-15H2,1-3H3,(H2,19,20,21);1H. The highest BCUT2D eigenvalue weighted by Gasteiger charge is 2.28. The molecule has 26 heavy (non-hydrogen) atoms. The van der Waals surface area contributed by atoms with Gasteiger partial charge in [0.15, 0.2) is 5.96 Å². The molecule has 2 saturated heterocycles. The average molecular weight is 484 g/mol. The molecule has 0 saturated carbocycles. The largest absolute Gasteiger partial charge is 0.379 e. The van der Waals surface area contributed by atoms with Crippen molar-refractivity contribution in [3.8, 4) is 0 Å². The van der Waals surface area contributed by atoms with Gasteiger partial charge >= 0.3 is 0 Å². The smallest absolute Gasteiger partial charge is 0.191 e. The van der Waals surface area contributed by atoms with Gasteiger partial charge in [-0.15, -0.1) is 24.0 Å². The molecule has 154 valence electrons. The van der Waals surface area contributed by atoms with Crippen LogP contribution in [0.1, 0.15) is 33.6 Å². The molecule has 2 N–H and O–H groups in total. The van der Waals surface area contributed by atoms with Gasteiger partial charge in [0.2, 0.25) is 0 Å². The Balaban J connectivity index is 0.00000338. The highest BCUT2D eigenvalue weighted by atomic mass is 127. The van der Waals surface area contributed by atoms with Gasteiger partial charge in [-0.25, -0.2) is 0 Å². The van der Waals surface area contributed by atoms with E-state index in [2.05, 4.69) is 36.3 Å². The van der Waals surface area contributed by atoms with Crippen LogP contribution in [-0.2, 0) is 14.2 Å². The van der Waals surface area contributed by atoms with Crippen LogP contribution in [0.25, 0.3) is 0 Å². The van der Waals surface area contributed by atoms with E-state index in [0.717, 1.165) is 71.3 Å². The van der Waals surface area contributed by atoms with Crippen molar-refractivity contribution in [3.05, 3.63) is 0 Å². The van der Waals surface area contributed by atoms with Gasteiger partial charge in [-0.1, -0.05) is 0 Å². The first-order valence-electron chi connectivity index (χ1n) is 9.66. The third kappa shape index (κ3) is 8.69. The van der Waals surface area contributed by atoms with Gasteiger partial charge in [0.25, 0.3) is 0 Å². The Labute approximate surface area is 175 Å². The molecule has 0 aromatic heterocycles. The summed E-state index contributed by atoms with van der Waals surface area (Å²) in [4.78, 5) is 7.22. The number of hydrogen-bond acceptors (Lipinski definition) is 5. The first-order valence-corrected chi connectivity index (χ1v) is 9.66. The van der Waals surface area contributed by atoms with E-state index >= 15 is 0 Å². The van der Waals surface area contributed by atoms with E-state index in [1.807, 2.05) is 0 Å². The van der Waals surface area contributed by atoms with Gasteiger partial charge in [-0.3, -0.25) is 9.89 Å². The van der Waals surface area contributed by atoms with Crippen LogP contribution in [0.3, 0.4) is 0 Å². The molecule has 0 bridgehead atoms. The number of morpholine rings is 1. The third-order valence-corrected chi connectivity index (χ3v) is 4.70. The number of ether oxygens (including phenoxy) is 3. The highest BCUT2D eigenvalue weighted by Crippen LogP contribution is 2.16. The van der Waals surface area contributed by atoms with Crippen molar-refractivity contribution in [3.63, 3.8) is 0 Å². The minimum absolute atomic E-state index is 0. The molecule has 8 heteroatoms. The summed E-state index contributed by atoms with van der Waals surface area (Å²) in [6.45, 7) is 14.7. The highest BCUT2D eigenvalue weighted by molar-refractivity contribution is 14.0. The lowest BCUT2D eigenvalue weighted by atomic mass is 10.0. The van der Waals surface area contributed by atoms with Crippen molar-refractivity contribution >= 4 is 29.9 Å². The number of rotatable bonds is 9. The molecule has 0 spiro atoms. The predicted octanol–water partition coefficient (Wildman–Crippen LogP) is 1.47. The van der Waals surface area contributed by atoms with E-state index in [0.29, 0.717) is 13.2 Å². The van der Waals surface area contributed by atoms with Crippen LogP contribution in [0.5, 0.6) is 0 Å². The zero-order valence-corrected chi connectivity index (χ0v) is 18.9. The second-order valence-corrected chi connectivity index (χ2v) is 7.24. The summed E-state index contributed by atoms with van der Waals surface area (Å²) in [5, 5.41) is 6.66. The maximum absolute atomic E-state index is 5.69. The normalized spacial score (nSPS) is 22.1. The summed E-state index contributed by atoms with van der Waals surface area (Å²) >= 11 is 0. The molecule has 0 aromatic rings. The number of guanidine groups is 1. The molecule has 2 aliphatic heterocycles. The molecule has 7 nitrogen and oxygen atoms in total. The molecule has 0 aromatic carbocycles. The van der Waals surface area contributed by atoms with Crippen molar-refractivity contribution < 1.29 is 14.2 Å². The Morgan fingerprint density at radius 2 is 2.00 bits per heavy atom. The molecular formula is C18H37IN4O3. The summed E-state index contributed by atoms with van der Waals surface area (Å²) in [5.74, 6) is 0.851. The maximum atomic E-state index is 5.69. The van der Waals surface area contributed by atoms with Gasteiger partial charge in [-0.2, -0.15) is 0 Å². The SMILES string of the molecule is CCNC(=NCC(C)(C)N1CCOCC1)NCCOCC1CCCO1.I. The van der Waals surface area contributed by atoms with Gasteiger partial charge in [0.05, 0.1) is 39.1 Å². The minimum atomic E-state index is 0. The zero-order valence-electron chi connectivity index (χ0n) is 16.6. The quantitative estimate of drug-likeness (QED) is 0.224. The number of hydrogen-bond donors (Lipinski definition) is 2. The van der Waals surface area contributed by atoms with Crippen molar-refractivity contribution in [2.24, 2.45) is 4.99 Å². The first kappa shape index (κ1) is 23.9. The van der Waals surface area contributed by atoms with E-state index < -0.39 is 0 Å². The second kappa shape index (κ2) is 13.1. The monoisotopic (exact) mass is 484 g/mol. The predicted molar refractivity (Wildman–Crippen MR) is 116 cm³/mol. The summed E-state index contributed by atoms with van der Waals surface area (Å²) in [6, 6.07) is 0. The Kier molecular flexibility index (Phi) is 12.0. The molecule has 2 aliphatic rings. The second-order valence-electron chi connectivity index (χ2n) is 7.24. The number of halogens is 1. The fraction of sp³-hybridized carbons (Fsp3) is 0.944. The van der Waals surface area contributed by atoms with Crippen LogP contribution in [0.2, 0.25) is 0 Å². The van der Waals surface area contributed by atoms with Gasteiger partial charge in [0.1, 0.15) is 0 Å². The topological polar surface area (TPSA) is 67.4 Å². The van der Waals surface area contributed by atoms with Crippen molar-refractivity contribution in [2.75, 3.05) is 65.8 Å². The lowest BCUT2D eigenvalue weighted by molar-refractivity contribution is -0.00684. The minimum Gasteiger partial charge on any atom is -0.379 e. The van der Waals surface area contributed by atoms with E-state index in [-0.39, 0.29) is 35.6 Å². The van der Waals surface area contributed by atoms with Gasteiger partial charge in [0, 0.05) is 38.3 Å². The summed E-state index contributed by atoms with van der Waals surface area (Å²) < 4.78 is 16.7. The molecule has 0 aliphatic carbocycles. The molecule has 0 radical (unpaired) electrons. The molecule has 0 amide bonds. The third-order valence-electron chi connectivity index (χ3n) is 4.70. The van der Waals surface area contributed by atoms with E-state index in [1.54, 1.807) is 0 Å². The Bertz CT molecular complexity index is 398. The van der Waals surface area contributed by atoms with Crippen molar-refractivity contribution in [1.29, 1.82) is 0 Å². The van der Waals surface area contributed by atoms with Crippen molar-refractivity contribution in [1.82, 2.24) is 15.5 Å². The van der Waals surface area contributed by atoms with E-state index in [9.17, 15) is 0 Å². The number of nitrogens with zero attached hydrogens (tertiary/aromatic N) is 2. The molecule has 2 heterocycles. The fourth-order valence-electron chi connectivity index (χ4n) is 3.12. The summed E-state index contributed by atoms with van der Waals surface area (Å²) in [6.07, 6.45) is 2.56. The molecule has 1 atom stereocenters. The molecule has 2 rings (SSSR count). The number of aliphatic imine (C=N–C) groups is 1. The lowest BCUT2D eigenvalue weighted by Crippen LogP contribution is -2.52. The molecular weight excluding hydrogens is 447 g/mol. The van der Waals surface area contributed by atoms with Crippen LogP contribution in [0, 0.1) is 0 Å². The summed E-state index contributed by atoms with van der Waals surface area (Å²) in [7, 11) is 0.